The van der Waals surface area contributed by atoms with Crippen molar-refractivity contribution in [3.8, 4) is 0 Å². The van der Waals surface area contributed by atoms with E-state index < -0.39 is 14.8 Å². The van der Waals surface area contributed by atoms with Gasteiger partial charge < -0.3 is 5.11 Å². The molecule has 0 saturated carbocycles. The molecule has 41 heavy (non-hydrogen) atoms. The lowest BCUT2D eigenvalue weighted by Crippen LogP contribution is -2.36. The van der Waals surface area contributed by atoms with E-state index in [0.29, 0.717) is 24.3 Å². The minimum Gasteiger partial charge on any atom is -0.396 e. The van der Waals surface area contributed by atoms with Crippen molar-refractivity contribution in [3.63, 3.8) is 0 Å². The van der Waals surface area contributed by atoms with Crippen LogP contribution in [0.15, 0.2) is 138 Å². The Morgan fingerprint density at radius 2 is 1.22 bits per heavy atom. The van der Waals surface area contributed by atoms with Crippen molar-refractivity contribution >= 4 is 32.6 Å². The van der Waals surface area contributed by atoms with Crippen LogP contribution in [-0.4, -0.2) is 42.3 Å². The van der Waals surface area contributed by atoms with E-state index in [1.165, 1.54) is 0 Å². The first kappa shape index (κ1) is 27.7. The molecule has 0 radical (unpaired) electrons. The number of nitrogens with zero attached hydrogens (tertiary/aromatic N) is 1. The van der Waals surface area contributed by atoms with Crippen LogP contribution in [0.25, 0.3) is 10.8 Å². The molecule has 1 N–H and O–H groups in total. The average molecular weight is 580 g/mol. The van der Waals surface area contributed by atoms with Crippen molar-refractivity contribution in [2.75, 3.05) is 13.2 Å². The molecule has 5 aromatic carbocycles. The maximum absolute atomic E-state index is 14.1. The summed E-state index contributed by atoms with van der Waals surface area (Å²) in [5.41, 5.74) is 3.45. The fourth-order valence-corrected chi connectivity index (χ4v) is 9.78. The summed E-state index contributed by atoms with van der Waals surface area (Å²) in [5, 5.41) is 11.9. The third kappa shape index (κ3) is 5.33. The lowest BCUT2D eigenvalue weighted by Gasteiger charge is -2.37. The number of thioether (sulfide) groups is 1. The van der Waals surface area contributed by atoms with Gasteiger partial charge >= 0.3 is 0 Å². The number of hydrogen-bond donors (Lipinski definition) is 1. The topological polar surface area (TPSA) is 57.6 Å². The van der Waals surface area contributed by atoms with Crippen molar-refractivity contribution in [1.29, 1.82) is 0 Å². The highest BCUT2D eigenvalue weighted by molar-refractivity contribution is 8.01. The molecule has 2 atom stereocenters. The molecule has 4 nitrogen and oxygen atoms in total. The Labute approximate surface area is 246 Å². The summed E-state index contributed by atoms with van der Waals surface area (Å²) in [6, 6.07) is 44.3. The van der Waals surface area contributed by atoms with Crippen LogP contribution in [0.2, 0.25) is 0 Å². The van der Waals surface area contributed by atoms with Crippen LogP contribution in [0.1, 0.15) is 29.5 Å². The largest absolute Gasteiger partial charge is 0.396 e. The fraction of sp³-hybridized carbons (Fsp3) is 0.200. The van der Waals surface area contributed by atoms with Crippen LogP contribution in [0.5, 0.6) is 0 Å². The van der Waals surface area contributed by atoms with Gasteiger partial charge in [-0.1, -0.05) is 121 Å². The van der Waals surface area contributed by atoms with Gasteiger partial charge in [-0.2, -0.15) is 4.31 Å². The summed E-state index contributed by atoms with van der Waals surface area (Å²) in [5.74, 6) is 0. The molecule has 0 bridgehead atoms. The monoisotopic (exact) mass is 579 g/mol. The van der Waals surface area contributed by atoms with E-state index in [1.807, 2.05) is 60.3 Å². The number of aliphatic hydroxyl groups excluding tert-OH is 1. The lowest BCUT2D eigenvalue weighted by atomic mass is 9.84. The van der Waals surface area contributed by atoms with E-state index in [2.05, 4.69) is 72.8 Å². The smallest absolute Gasteiger partial charge is 0.243 e. The Morgan fingerprint density at radius 3 is 1.76 bits per heavy atom. The molecular weight excluding hydrogens is 547 g/mol. The number of benzene rings is 5. The highest BCUT2D eigenvalue weighted by Crippen LogP contribution is 2.52. The van der Waals surface area contributed by atoms with Gasteiger partial charge in [0.1, 0.15) is 0 Å². The van der Waals surface area contributed by atoms with Gasteiger partial charge in [-0.05, 0) is 52.4 Å². The predicted octanol–water partition coefficient (Wildman–Crippen LogP) is 7.08. The van der Waals surface area contributed by atoms with Gasteiger partial charge in [0.25, 0.3) is 0 Å². The SMILES string of the molecule is O=S(=O)(c1ccc2ccccc2c1)N1C[C@H](SC(c2ccccc2)(c2ccccc2)c2ccccc2)C[C@H]1CCO. The van der Waals surface area contributed by atoms with Gasteiger partial charge in [-0.3, -0.25) is 0 Å². The molecule has 1 heterocycles. The van der Waals surface area contributed by atoms with Crippen LogP contribution in [0.3, 0.4) is 0 Å². The quantitative estimate of drug-likeness (QED) is 0.190. The zero-order valence-electron chi connectivity index (χ0n) is 22.7. The van der Waals surface area contributed by atoms with Gasteiger partial charge in [0, 0.05) is 24.4 Å². The molecular formula is C35H33NO3S2. The molecule has 0 spiro atoms. The third-order valence-corrected chi connectivity index (χ3v) is 11.6. The van der Waals surface area contributed by atoms with Gasteiger partial charge in [0.05, 0.1) is 9.64 Å². The number of sulfonamides is 1. The minimum atomic E-state index is -3.78. The van der Waals surface area contributed by atoms with Crippen molar-refractivity contribution in [2.24, 2.45) is 0 Å². The van der Waals surface area contributed by atoms with E-state index in [0.717, 1.165) is 27.5 Å². The number of rotatable bonds is 9. The standard InChI is InChI=1S/C35H33NO3S2/c37-23-22-32-25-33(26-36(32)41(38,39)34-21-20-27-12-10-11-13-28(27)24-34)40-35(29-14-4-1-5-15-29,30-16-6-2-7-17-30)31-18-8-3-9-19-31/h1-21,24,32-33,37H,22-23,25-26H2/t32-,33-/m1/s1. The molecule has 1 aliphatic heterocycles. The van der Waals surface area contributed by atoms with E-state index in [-0.39, 0.29) is 17.9 Å². The maximum Gasteiger partial charge on any atom is 0.243 e. The maximum atomic E-state index is 14.1. The first-order chi connectivity index (χ1) is 20.0. The molecule has 0 aliphatic carbocycles. The van der Waals surface area contributed by atoms with E-state index in [9.17, 15) is 13.5 Å². The molecule has 0 amide bonds. The van der Waals surface area contributed by atoms with E-state index in [1.54, 1.807) is 16.4 Å². The molecule has 208 valence electrons. The van der Waals surface area contributed by atoms with E-state index >= 15 is 0 Å². The zero-order valence-corrected chi connectivity index (χ0v) is 24.3. The molecule has 1 fully saturated rings. The van der Waals surface area contributed by atoms with Gasteiger partial charge in [-0.25, -0.2) is 8.42 Å². The second-order valence-corrected chi connectivity index (χ2v) is 13.9. The van der Waals surface area contributed by atoms with Crippen molar-refractivity contribution < 1.29 is 13.5 Å². The van der Waals surface area contributed by atoms with Gasteiger partial charge in [0.15, 0.2) is 0 Å². The van der Waals surface area contributed by atoms with Crippen LogP contribution < -0.4 is 0 Å². The molecule has 5 aromatic rings. The van der Waals surface area contributed by atoms with Crippen molar-refractivity contribution in [3.05, 3.63) is 150 Å². The summed E-state index contributed by atoms with van der Waals surface area (Å²) in [4.78, 5) is 0.297. The van der Waals surface area contributed by atoms with Crippen molar-refractivity contribution in [1.82, 2.24) is 4.31 Å². The van der Waals surface area contributed by atoms with Gasteiger partial charge in [0.2, 0.25) is 10.0 Å². The Bertz CT molecular complexity index is 1610. The number of fused-ring (bicyclic) bond motifs is 1. The molecule has 0 unspecified atom stereocenters. The predicted molar refractivity (Wildman–Crippen MR) is 169 cm³/mol. The lowest BCUT2D eigenvalue weighted by molar-refractivity contribution is 0.246. The molecule has 6 heteroatoms. The van der Waals surface area contributed by atoms with Crippen LogP contribution in [-0.2, 0) is 14.8 Å². The second-order valence-electron chi connectivity index (χ2n) is 10.5. The molecule has 0 aromatic heterocycles. The zero-order chi connectivity index (χ0) is 28.3. The Hall–Kier alpha value is -3.42. The highest BCUT2D eigenvalue weighted by atomic mass is 32.2. The summed E-state index contributed by atoms with van der Waals surface area (Å²) in [6.45, 7) is 0.311. The third-order valence-electron chi connectivity index (χ3n) is 8.00. The summed E-state index contributed by atoms with van der Waals surface area (Å²) >= 11 is 1.82. The Kier molecular flexibility index (Phi) is 8.00. The van der Waals surface area contributed by atoms with Crippen LogP contribution >= 0.6 is 11.8 Å². The Morgan fingerprint density at radius 1 is 0.707 bits per heavy atom. The van der Waals surface area contributed by atoms with Gasteiger partial charge in [-0.15, -0.1) is 11.8 Å². The summed E-state index contributed by atoms with van der Waals surface area (Å²) < 4.78 is 29.3. The first-order valence-corrected chi connectivity index (χ1v) is 16.3. The molecule has 1 saturated heterocycles. The number of hydrogen-bond acceptors (Lipinski definition) is 4. The number of aliphatic hydroxyl groups is 1. The minimum absolute atomic E-state index is 0.00222. The first-order valence-electron chi connectivity index (χ1n) is 14.0. The average Bonchev–Trinajstić information content (AvgIpc) is 3.44. The van der Waals surface area contributed by atoms with Crippen LogP contribution in [0.4, 0.5) is 0 Å². The molecule has 6 rings (SSSR count). The fourth-order valence-electron chi connectivity index (χ4n) is 6.07. The van der Waals surface area contributed by atoms with Crippen LogP contribution in [0, 0.1) is 0 Å². The van der Waals surface area contributed by atoms with Crippen molar-refractivity contribution in [2.45, 2.75) is 33.8 Å². The summed E-state index contributed by atoms with van der Waals surface area (Å²) in [7, 11) is -3.78. The normalized spacial score (nSPS) is 18.1. The Balaban J connectivity index is 1.42. The molecule has 1 aliphatic rings. The highest BCUT2D eigenvalue weighted by Gasteiger charge is 2.46. The van der Waals surface area contributed by atoms with E-state index in [4.69, 9.17) is 0 Å². The second kappa shape index (κ2) is 11.8. The summed E-state index contributed by atoms with van der Waals surface area (Å²) in [6.07, 6.45) is 1.06.